The minimum atomic E-state index is -0.0131. The smallest absolute Gasteiger partial charge is 0.0543 e. The van der Waals surface area contributed by atoms with Gasteiger partial charge in [-0.25, -0.2) is 0 Å². The second-order valence-corrected chi connectivity index (χ2v) is 5.30. The van der Waals surface area contributed by atoms with E-state index in [0.29, 0.717) is 0 Å². The number of hydrogen-bond donors (Lipinski definition) is 2. The Bertz CT molecular complexity index is 161. The Hall–Kier alpha value is -0.0800. The molecule has 0 amide bonds. The molecule has 1 aliphatic rings. The predicted molar refractivity (Wildman–Crippen MR) is 69.6 cm³/mol. The number of aliphatic hydroxyl groups excluding tert-OH is 1. The lowest BCUT2D eigenvalue weighted by Crippen LogP contribution is -2.22. The van der Waals surface area contributed by atoms with E-state index in [1.165, 1.54) is 51.5 Å². The molecule has 1 aliphatic carbocycles. The molecule has 96 valence electrons. The zero-order valence-electron chi connectivity index (χ0n) is 10.9. The van der Waals surface area contributed by atoms with Crippen molar-refractivity contribution in [2.45, 2.75) is 70.8 Å². The average Bonchev–Trinajstić information content (AvgIpc) is 2.68. The molecule has 2 heteroatoms. The second-order valence-electron chi connectivity index (χ2n) is 5.30. The normalized spacial score (nSPS) is 25.1. The molecule has 0 aromatic rings. The molecule has 0 saturated heterocycles. The lowest BCUT2D eigenvalue weighted by molar-refractivity contribution is 0.177. The monoisotopic (exact) mass is 227 g/mol. The maximum absolute atomic E-state index is 9.39. The molecule has 0 heterocycles. The van der Waals surface area contributed by atoms with Crippen LogP contribution in [0, 0.1) is 5.92 Å². The van der Waals surface area contributed by atoms with Crippen LogP contribution in [0.25, 0.3) is 0 Å². The number of unbranched alkanes of at least 4 members (excludes halogenated alkanes) is 5. The van der Waals surface area contributed by atoms with Crippen molar-refractivity contribution in [2.75, 3.05) is 13.1 Å². The number of rotatable bonds is 9. The summed E-state index contributed by atoms with van der Waals surface area (Å²) in [6.45, 7) is 4.54. The molecule has 0 aromatic carbocycles. The van der Waals surface area contributed by atoms with E-state index in [9.17, 15) is 5.11 Å². The highest BCUT2D eigenvalue weighted by atomic mass is 16.3. The molecule has 0 aromatic heterocycles. The van der Waals surface area contributed by atoms with Crippen molar-refractivity contribution in [1.29, 1.82) is 0 Å². The Morgan fingerprint density at radius 3 is 2.50 bits per heavy atom. The van der Waals surface area contributed by atoms with Gasteiger partial charge in [-0.1, -0.05) is 39.0 Å². The molecular weight excluding hydrogens is 198 g/mol. The summed E-state index contributed by atoms with van der Waals surface area (Å²) in [5.74, 6) is 0.732. The maximum Gasteiger partial charge on any atom is 0.0543 e. The van der Waals surface area contributed by atoms with Gasteiger partial charge in [-0.3, -0.25) is 0 Å². The molecular formula is C14H29NO. The van der Waals surface area contributed by atoms with E-state index in [0.717, 1.165) is 25.3 Å². The Balaban J connectivity index is 1.78. The zero-order valence-corrected chi connectivity index (χ0v) is 10.9. The van der Waals surface area contributed by atoms with Crippen LogP contribution in [0.15, 0.2) is 0 Å². The summed E-state index contributed by atoms with van der Waals surface area (Å²) < 4.78 is 0. The van der Waals surface area contributed by atoms with Crippen LogP contribution in [0.2, 0.25) is 0 Å². The minimum absolute atomic E-state index is 0.0131. The van der Waals surface area contributed by atoms with E-state index in [-0.39, 0.29) is 6.10 Å². The van der Waals surface area contributed by atoms with E-state index in [2.05, 4.69) is 12.2 Å². The van der Waals surface area contributed by atoms with E-state index in [4.69, 9.17) is 0 Å². The molecule has 2 nitrogen and oxygen atoms in total. The van der Waals surface area contributed by atoms with Gasteiger partial charge in [-0.05, 0) is 44.7 Å². The molecule has 1 saturated carbocycles. The number of aliphatic hydroxyl groups is 1. The molecule has 2 unspecified atom stereocenters. The van der Waals surface area contributed by atoms with Crippen LogP contribution >= 0.6 is 0 Å². The third-order valence-electron chi connectivity index (χ3n) is 3.65. The lowest BCUT2D eigenvalue weighted by atomic mass is 10.1. The first-order chi connectivity index (χ1) is 7.83. The lowest BCUT2D eigenvalue weighted by Gasteiger charge is -2.10. The first kappa shape index (κ1) is 14.0. The van der Waals surface area contributed by atoms with Crippen LogP contribution in [0.5, 0.6) is 0 Å². The summed E-state index contributed by atoms with van der Waals surface area (Å²) in [6.07, 6.45) is 11.5. The third kappa shape index (κ3) is 6.49. The highest BCUT2D eigenvalue weighted by molar-refractivity contribution is 4.75. The minimum Gasteiger partial charge on any atom is -0.393 e. The molecule has 1 rings (SSSR count). The molecule has 0 spiro atoms. The highest BCUT2D eigenvalue weighted by Crippen LogP contribution is 2.24. The Morgan fingerprint density at radius 2 is 1.81 bits per heavy atom. The molecule has 0 aliphatic heterocycles. The summed E-state index contributed by atoms with van der Waals surface area (Å²) in [7, 11) is 0. The van der Waals surface area contributed by atoms with Crippen molar-refractivity contribution in [3.63, 3.8) is 0 Å². The van der Waals surface area contributed by atoms with Crippen molar-refractivity contribution in [1.82, 2.24) is 5.32 Å². The highest BCUT2D eigenvalue weighted by Gasteiger charge is 2.21. The van der Waals surface area contributed by atoms with Gasteiger partial charge < -0.3 is 10.4 Å². The first-order valence-electron chi connectivity index (χ1n) is 7.21. The maximum atomic E-state index is 9.39. The molecule has 1 fully saturated rings. The summed E-state index contributed by atoms with van der Waals surface area (Å²) in [5.41, 5.74) is 0. The van der Waals surface area contributed by atoms with Crippen molar-refractivity contribution >= 4 is 0 Å². The quantitative estimate of drug-likeness (QED) is 0.593. The van der Waals surface area contributed by atoms with Crippen LogP contribution in [0.4, 0.5) is 0 Å². The number of hydrogen-bond acceptors (Lipinski definition) is 2. The van der Waals surface area contributed by atoms with Gasteiger partial charge in [0.15, 0.2) is 0 Å². The van der Waals surface area contributed by atoms with Gasteiger partial charge in [-0.2, -0.15) is 0 Å². The van der Waals surface area contributed by atoms with Gasteiger partial charge in [0.05, 0.1) is 6.10 Å². The fourth-order valence-corrected chi connectivity index (χ4v) is 2.57. The summed E-state index contributed by atoms with van der Waals surface area (Å²) in [6, 6.07) is 0. The predicted octanol–water partition coefficient (Wildman–Crippen LogP) is 3.10. The average molecular weight is 227 g/mol. The second kappa shape index (κ2) is 9.00. The van der Waals surface area contributed by atoms with E-state index >= 15 is 0 Å². The Labute approximate surface area is 101 Å². The van der Waals surface area contributed by atoms with E-state index in [1.807, 2.05) is 0 Å². The summed E-state index contributed by atoms with van der Waals surface area (Å²) in [4.78, 5) is 0. The Kier molecular flexibility index (Phi) is 7.87. The standard InChI is InChI=1S/C14H29NO/c1-2-3-4-5-6-7-10-15-12-13-8-9-14(16)11-13/h13-16H,2-12H2,1H3. The van der Waals surface area contributed by atoms with Gasteiger partial charge in [0.25, 0.3) is 0 Å². The van der Waals surface area contributed by atoms with Crippen molar-refractivity contribution < 1.29 is 5.11 Å². The van der Waals surface area contributed by atoms with Crippen LogP contribution in [-0.4, -0.2) is 24.3 Å². The van der Waals surface area contributed by atoms with Gasteiger partial charge in [0, 0.05) is 0 Å². The van der Waals surface area contributed by atoms with Crippen LogP contribution < -0.4 is 5.32 Å². The van der Waals surface area contributed by atoms with Crippen molar-refractivity contribution in [3.05, 3.63) is 0 Å². The molecule has 2 N–H and O–H groups in total. The number of nitrogens with one attached hydrogen (secondary N) is 1. The first-order valence-corrected chi connectivity index (χ1v) is 7.21. The van der Waals surface area contributed by atoms with Crippen molar-refractivity contribution in [3.8, 4) is 0 Å². The van der Waals surface area contributed by atoms with Gasteiger partial charge >= 0.3 is 0 Å². The van der Waals surface area contributed by atoms with Gasteiger partial charge in [0.1, 0.15) is 0 Å². The molecule has 2 atom stereocenters. The fraction of sp³-hybridized carbons (Fsp3) is 1.00. The van der Waals surface area contributed by atoms with E-state index in [1.54, 1.807) is 0 Å². The molecule has 0 bridgehead atoms. The Morgan fingerprint density at radius 1 is 1.06 bits per heavy atom. The third-order valence-corrected chi connectivity index (χ3v) is 3.65. The van der Waals surface area contributed by atoms with Gasteiger partial charge in [-0.15, -0.1) is 0 Å². The SMILES string of the molecule is CCCCCCCCNCC1CCC(O)C1. The zero-order chi connectivity index (χ0) is 11.6. The topological polar surface area (TPSA) is 32.3 Å². The van der Waals surface area contributed by atoms with Crippen LogP contribution in [0.3, 0.4) is 0 Å². The molecule has 16 heavy (non-hydrogen) atoms. The van der Waals surface area contributed by atoms with Crippen LogP contribution in [0.1, 0.15) is 64.7 Å². The largest absolute Gasteiger partial charge is 0.393 e. The fourth-order valence-electron chi connectivity index (χ4n) is 2.57. The molecule has 0 radical (unpaired) electrons. The van der Waals surface area contributed by atoms with E-state index < -0.39 is 0 Å². The van der Waals surface area contributed by atoms with Crippen LogP contribution in [-0.2, 0) is 0 Å². The summed E-state index contributed by atoms with van der Waals surface area (Å²) >= 11 is 0. The van der Waals surface area contributed by atoms with Gasteiger partial charge in [0.2, 0.25) is 0 Å². The van der Waals surface area contributed by atoms with Crippen molar-refractivity contribution in [2.24, 2.45) is 5.92 Å². The summed E-state index contributed by atoms with van der Waals surface area (Å²) in [5, 5.41) is 12.9.